The molecule has 0 aliphatic heterocycles. The van der Waals surface area contributed by atoms with Gasteiger partial charge < -0.3 is 0 Å². The lowest BCUT2D eigenvalue weighted by atomic mass is 10.0. The van der Waals surface area contributed by atoms with Gasteiger partial charge in [0.15, 0.2) is 5.78 Å². The number of rotatable bonds is 3. The molecule has 3 nitrogen and oxygen atoms in total. The van der Waals surface area contributed by atoms with Crippen molar-refractivity contribution in [2.45, 2.75) is 20.3 Å². The molecule has 3 heteroatoms. The minimum atomic E-state index is 0.145. The van der Waals surface area contributed by atoms with Gasteiger partial charge in [-0.2, -0.15) is 5.10 Å². The molecule has 0 amide bonds. The quantitative estimate of drug-likeness (QED) is 0.756. The van der Waals surface area contributed by atoms with Crippen molar-refractivity contribution in [3.05, 3.63) is 52.8 Å². The van der Waals surface area contributed by atoms with Crippen LogP contribution in [0, 0.1) is 13.8 Å². The molecular formula is C14H16N2O. The summed E-state index contributed by atoms with van der Waals surface area (Å²) in [4.78, 5) is 12.2. The van der Waals surface area contributed by atoms with Crippen molar-refractivity contribution in [2.24, 2.45) is 7.05 Å². The normalized spacial score (nSPS) is 10.5. The molecule has 1 aromatic carbocycles. The van der Waals surface area contributed by atoms with Crippen molar-refractivity contribution in [1.29, 1.82) is 0 Å². The van der Waals surface area contributed by atoms with Crippen molar-refractivity contribution < 1.29 is 4.79 Å². The molecule has 0 aliphatic carbocycles. The van der Waals surface area contributed by atoms with E-state index in [0.29, 0.717) is 6.42 Å². The number of aryl methyl sites for hydroxylation is 3. The molecule has 0 fully saturated rings. The van der Waals surface area contributed by atoms with Crippen LogP contribution >= 0.6 is 0 Å². The summed E-state index contributed by atoms with van der Waals surface area (Å²) < 4.78 is 1.77. The van der Waals surface area contributed by atoms with E-state index >= 15 is 0 Å². The van der Waals surface area contributed by atoms with Gasteiger partial charge in [-0.1, -0.05) is 24.3 Å². The number of carbonyl (C=O) groups is 1. The fourth-order valence-corrected chi connectivity index (χ4v) is 1.98. The molecule has 0 saturated heterocycles. The Balaban J connectivity index is 2.23. The number of Topliss-reactive ketones (excluding diaryl/α,β-unsaturated/α-hetero) is 1. The maximum atomic E-state index is 12.2. The van der Waals surface area contributed by atoms with Crippen LogP contribution in [-0.4, -0.2) is 15.6 Å². The fraction of sp³-hybridized carbons (Fsp3) is 0.286. The van der Waals surface area contributed by atoms with E-state index in [2.05, 4.69) is 5.10 Å². The molecule has 2 aromatic rings. The van der Waals surface area contributed by atoms with Crippen LogP contribution in [0.2, 0.25) is 0 Å². The number of benzene rings is 1. The summed E-state index contributed by atoms with van der Waals surface area (Å²) in [5.41, 5.74) is 3.72. The first-order chi connectivity index (χ1) is 8.08. The van der Waals surface area contributed by atoms with Crippen LogP contribution < -0.4 is 0 Å². The minimum absolute atomic E-state index is 0.145. The van der Waals surface area contributed by atoms with Crippen LogP contribution in [-0.2, 0) is 13.5 Å². The van der Waals surface area contributed by atoms with Crippen LogP contribution in [0.5, 0.6) is 0 Å². The van der Waals surface area contributed by atoms with Gasteiger partial charge in [-0.15, -0.1) is 0 Å². The first-order valence-corrected chi connectivity index (χ1v) is 5.66. The molecule has 17 heavy (non-hydrogen) atoms. The third kappa shape index (κ3) is 2.44. The van der Waals surface area contributed by atoms with E-state index in [1.54, 1.807) is 4.68 Å². The van der Waals surface area contributed by atoms with Crippen molar-refractivity contribution in [3.8, 4) is 0 Å². The van der Waals surface area contributed by atoms with E-state index in [-0.39, 0.29) is 5.78 Å². The maximum absolute atomic E-state index is 12.2. The monoisotopic (exact) mass is 228 g/mol. The molecule has 0 aliphatic rings. The number of hydrogen-bond donors (Lipinski definition) is 0. The second-order valence-electron chi connectivity index (χ2n) is 4.32. The highest BCUT2D eigenvalue weighted by Gasteiger charge is 2.12. The van der Waals surface area contributed by atoms with Crippen molar-refractivity contribution in [1.82, 2.24) is 9.78 Å². The van der Waals surface area contributed by atoms with E-state index in [1.807, 2.05) is 51.2 Å². The largest absolute Gasteiger partial charge is 0.294 e. The van der Waals surface area contributed by atoms with Crippen molar-refractivity contribution in [3.63, 3.8) is 0 Å². The van der Waals surface area contributed by atoms with E-state index in [9.17, 15) is 4.79 Å². The summed E-state index contributed by atoms with van der Waals surface area (Å²) in [5, 5.41) is 4.24. The van der Waals surface area contributed by atoms with Crippen LogP contribution in [0.15, 0.2) is 30.3 Å². The van der Waals surface area contributed by atoms with Crippen LogP contribution in [0.4, 0.5) is 0 Å². The van der Waals surface area contributed by atoms with Crippen molar-refractivity contribution in [2.75, 3.05) is 0 Å². The summed E-state index contributed by atoms with van der Waals surface area (Å²) in [6, 6.07) is 9.63. The number of aromatic nitrogens is 2. The number of nitrogens with zero attached hydrogens (tertiary/aromatic N) is 2. The lowest BCUT2D eigenvalue weighted by Crippen LogP contribution is -2.09. The average Bonchev–Trinajstić information content (AvgIpc) is 2.58. The fourth-order valence-electron chi connectivity index (χ4n) is 1.98. The van der Waals surface area contributed by atoms with Gasteiger partial charge in [-0.3, -0.25) is 9.48 Å². The predicted molar refractivity (Wildman–Crippen MR) is 67.2 cm³/mol. The van der Waals surface area contributed by atoms with Gasteiger partial charge in [0.2, 0.25) is 0 Å². The zero-order valence-electron chi connectivity index (χ0n) is 10.4. The van der Waals surface area contributed by atoms with Crippen molar-refractivity contribution >= 4 is 5.78 Å². The Kier molecular flexibility index (Phi) is 3.09. The zero-order chi connectivity index (χ0) is 12.4. The second-order valence-corrected chi connectivity index (χ2v) is 4.32. The Morgan fingerprint density at radius 2 is 2.00 bits per heavy atom. The minimum Gasteiger partial charge on any atom is -0.294 e. The Bertz CT molecular complexity index is 555. The zero-order valence-corrected chi connectivity index (χ0v) is 10.4. The maximum Gasteiger partial charge on any atom is 0.169 e. The lowest BCUT2D eigenvalue weighted by Gasteiger charge is -2.04. The Morgan fingerprint density at radius 3 is 2.59 bits per heavy atom. The summed E-state index contributed by atoms with van der Waals surface area (Å²) >= 11 is 0. The topological polar surface area (TPSA) is 34.9 Å². The van der Waals surface area contributed by atoms with E-state index in [4.69, 9.17) is 0 Å². The standard InChI is InChI=1S/C14H16N2O/c1-10-6-4-5-7-13(10)14(17)9-12-8-11(2)15-16(12)3/h4-8H,9H2,1-3H3. The lowest BCUT2D eigenvalue weighted by molar-refractivity contribution is 0.0990. The van der Waals surface area contributed by atoms with Gasteiger partial charge in [0.05, 0.1) is 12.1 Å². The highest BCUT2D eigenvalue weighted by atomic mass is 16.1. The van der Waals surface area contributed by atoms with Gasteiger partial charge in [-0.25, -0.2) is 0 Å². The van der Waals surface area contributed by atoms with Gasteiger partial charge in [0.1, 0.15) is 0 Å². The number of hydrogen-bond acceptors (Lipinski definition) is 2. The number of carbonyl (C=O) groups excluding carboxylic acids is 1. The van der Waals surface area contributed by atoms with Gasteiger partial charge in [-0.05, 0) is 25.5 Å². The molecule has 0 radical (unpaired) electrons. The molecule has 0 bridgehead atoms. The Morgan fingerprint density at radius 1 is 1.29 bits per heavy atom. The Labute approximate surface area is 101 Å². The Hall–Kier alpha value is -1.90. The molecule has 0 unspecified atom stereocenters. The summed E-state index contributed by atoms with van der Waals surface area (Å²) in [6.45, 7) is 3.89. The summed E-state index contributed by atoms with van der Waals surface area (Å²) in [6.07, 6.45) is 0.405. The third-order valence-corrected chi connectivity index (χ3v) is 2.89. The van der Waals surface area contributed by atoms with Gasteiger partial charge in [0, 0.05) is 18.3 Å². The number of ketones is 1. The van der Waals surface area contributed by atoms with Crippen LogP contribution in [0.25, 0.3) is 0 Å². The predicted octanol–water partition coefficient (Wildman–Crippen LogP) is 2.46. The SMILES string of the molecule is Cc1cc(CC(=O)c2ccccc2C)n(C)n1. The average molecular weight is 228 g/mol. The molecule has 0 atom stereocenters. The molecule has 1 aromatic heterocycles. The molecular weight excluding hydrogens is 212 g/mol. The molecule has 88 valence electrons. The highest BCUT2D eigenvalue weighted by molar-refractivity contribution is 5.98. The third-order valence-electron chi connectivity index (χ3n) is 2.89. The first kappa shape index (κ1) is 11.6. The highest BCUT2D eigenvalue weighted by Crippen LogP contribution is 2.12. The molecule has 1 heterocycles. The molecule has 0 N–H and O–H groups in total. The van der Waals surface area contributed by atoms with Gasteiger partial charge >= 0.3 is 0 Å². The van der Waals surface area contributed by atoms with E-state index in [0.717, 1.165) is 22.5 Å². The molecule has 2 rings (SSSR count). The van der Waals surface area contributed by atoms with E-state index < -0.39 is 0 Å². The van der Waals surface area contributed by atoms with E-state index in [1.165, 1.54) is 0 Å². The van der Waals surface area contributed by atoms with Crippen LogP contribution in [0.3, 0.4) is 0 Å². The van der Waals surface area contributed by atoms with Crippen LogP contribution in [0.1, 0.15) is 27.3 Å². The second kappa shape index (κ2) is 4.53. The first-order valence-electron chi connectivity index (χ1n) is 5.66. The van der Waals surface area contributed by atoms with Gasteiger partial charge in [0.25, 0.3) is 0 Å². The summed E-state index contributed by atoms with van der Waals surface area (Å²) in [7, 11) is 1.87. The molecule has 0 saturated carbocycles. The summed E-state index contributed by atoms with van der Waals surface area (Å²) in [5.74, 6) is 0.145. The smallest absolute Gasteiger partial charge is 0.169 e. The molecule has 0 spiro atoms.